The number of hydrogen-bond acceptors (Lipinski definition) is 2. The number of halogens is 1. The van der Waals surface area contributed by atoms with E-state index in [-0.39, 0.29) is 5.41 Å². The Labute approximate surface area is 134 Å². The van der Waals surface area contributed by atoms with Crippen LogP contribution in [0.2, 0.25) is 0 Å². The molecule has 1 unspecified atom stereocenters. The van der Waals surface area contributed by atoms with E-state index in [0.717, 1.165) is 13.0 Å². The SMILES string of the molecule is CC(CC(C)(C)c1ccccc1)NCc1ccc(Br)s1. The second-order valence-corrected chi connectivity index (χ2v) is 8.49. The van der Waals surface area contributed by atoms with Gasteiger partial charge in [-0.3, -0.25) is 0 Å². The average molecular weight is 352 g/mol. The Bertz CT molecular complexity index is 533. The van der Waals surface area contributed by atoms with E-state index in [9.17, 15) is 0 Å². The van der Waals surface area contributed by atoms with Gasteiger partial charge in [0, 0.05) is 17.5 Å². The fourth-order valence-corrected chi connectivity index (χ4v) is 4.00. The molecule has 1 heterocycles. The topological polar surface area (TPSA) is 12.0 Å². The third-order valence-electron chi connectivity index (χ3n) is 3.63. The van der Waals surface area contributed by atoms with Crippen molar-refractivity contribution in [1.29, 1.82) is 0 Å². The lowest BCUT2D eigenvalue weighted by atomic mass is 9.79. The number of benzene rings is 1. The molecule has 1 nitrogen and oxygen atoms in total. The summed E-state index contributed by atoms with van der Waals surface area (Å²) in [5, 5.41) is 3.63. The lowest BCUT2D eigenvalue weighted by Crippen LogP contribution is -2.32. The van der Waals surface area contributed by atoms with Gasteiger partial charge in [0.2, 0.25) is 0 Å². The fraction of sp³-hybridized carbons (Fsp3) is 0.412. The lowest BCUT2D eigenvalue weighted by molar-refractivity contribution is 0.389. The van der Waals surface area contributed by atoms with E-state index >= 15 is 0 Å². The van der Waals surface area contributed by atoms with E-state index in [1.807, 2.05) is 0 Å². The van der Waals surface area contributed by atoms with Crippen molar-refractivity contribution < 1.29 is 0 Å². The molecule has 0 saturated heterocycles. The molecule has 0 aliphatic carbocycles. The highest BCUT2D eigenvalue weighted by Gasteiger charge is 2.22. The van der Waals surface area contributed by atoms with Gasteiger partial charge in [-0.05, 0) is 52.4 Å². The quantitative estimate of drug-likeness (QED) is 0.738. The molecular weight excluding hydrogens is 330 g/mol. The summed E-state index contributed by atoms with van der Waals surface area (Å²) in [7, 11) is 0. The van der Waals surface area contributed by atoms with Crippen molar-refractivity contribution in [3.05, 3.63) is 56.7 Å². The van der Waals surface area contributed by atoms with Gasteiger partial charge in [-0.1, -0.05) is 44.2 Å². The van der Waals surface area contributed by atoms with Gasteiger partial charge in [-0.2, -0.15) is 0 Å². The molecular formula is C17H22BrNS. The van der Waals surface area contributed by atoms with Crippen molar-refractivity contribution in [3.8, 4) is 0 Å². The first-order valence-electron chi connectivity index (χ1n) is 7.00. The van der Waals surface area contributed by atoms with E-state index in [4.69, 9.17) is 0 Å². The summed E-state index contributed by atoms with van der Waals surface area (Å²) in [5.41, 5.74) is 1.61. The zero-order chi connectivity index (χ0) is 14.6. The molecule has 0 aliphatic heterocycles. The van der Waals surface area contributed by atoms with Gasteiger partial charge in [-0.25, -0.2) is 0 Å². The first-order chi connectivity index (χ1) is 9.47. The molecule has 0 bridgehead atoms. The largest absolute Gasteiger partial charge is 0.309 e. The Morgan fingerprint density at radius 3 is 2.45 bits per heavy atom. The Hall–Kier alpha value is -0.640. The van der Waals surface area contributed by atoms with E-state index in [0.29, 0.717) is 6.04 Å². The van der Waals surface area contributed by atoms with Crippen LogP contribution in [-0.4, -0.2) is 6.04 Å². The fourth-order valence-electron chi connectivity index (χ4n) is 2.57. The Balaban J connectivity index is 1.89. The van der Waals surface area contributed by atoms with Gasteiger partial charge in [0.1, 0.15) is 0 Å². The molecule has 108 valence electrons. The molecule has 1 aromatic carbocycles. The van der Waals surface area contributed by atoms with Gasteiger partial charge in [0.25, 0.3) is 0 Å². The minimum atomic E-state index is 0.198. The molecule has 1 atom stereocenters. The molecule has 0 saturated carbocycles. The molecule has 0 fully saturated rings. The summed E-state index contributed by atoms with van der Waals surface area (Å²) in [4.78, 5) is 1.38. The van der Waals surface area contributed by atoms with Crippen molar-refractivity contribution in [3.63, 3.8) is 0 Å². The first kappa shape index (κ1) is 15.7. The maximum atomic E-state index is 3.63. The minimum Gasteiger partial charge on any atom is -0.309 e. The van der Waals surface area contributed by atoms with Gasteiger partial charge in [-0.15, -0.1) is 11.3 Å². The molecule has 0 amide bonds. The molecule has 1 aromatic heterocycles. The van der Waals surface area contributed by atoms with E-state index < -0.39 is 0 Å². The molecule has 0 aliphatic rings. The van der Waals surface area contributed by atoms with E-state index in [1.54, 1.807) is 11.3 Å². The maximum Gasteiger partial charge on any atom is 0.0701 e. The number of rotatable bonds is 6. The van der Waals surface area contributed by atoms with Crippen LogP contribution in [0.15, 0.2) is 46.3 Å². The van der Waals surface area contributed by atoms with Crippen LogP contribution in [0.1, 0.15) is 37.6 Å². The van der Waals surface area contributed by atoms with Crippen LogP contribution in [0, 0.1) is 0 Å². The Morgan fingerprint density at radius 1 is 1.15 bits per heavy atom. The monoisotopic (exact) mass is 351 g/mol. The second-order valence-electron chi connectivity index (χ2n) is 5.94. The third-order valence-corrected chi connectivity index (χ3v) is 5.25. The van der Waals surface area contributed by atoms with Crippen LogP contribution >= 0.6 is 27.3 Å². The molecule has 2 aromatic rings. The van der Waals surface area contributed by atoms with Crippen LogP contribution in [0.25, 0.3) is 0 Å². The summed E-state index contributed by atoms with van der Waals surface area (Å²) >= 11 is 5.31. The molecule has 1 N–H and O–H groups in total. The summed E-state index contributed by atoms with van der Waals surface area (Å²) in [5.74, 6) is 0. The zero-order valence-electron chi connectivity index (χ0n) is 12.3. The highest BCUT2D eigenvalue weighted by Crippen LogP contribution is 2.28. The summed E-state index contributed by atoms with van der Waals surface area (Å²) in [6, 6.07) is 15.6. The van der Waals surface area contributed by atoms with Gasteiger partial charge in [0.05, 0.1) is 3.79 Å². The average Bonchev–Trinajstić information content (AvgIpc) is 2.83. The highest BCUT2D eigenvalue weighted by molar-refractivity contribution is 9.11. The van der Waals surface area contributed by atoms with Gasteiger partial charge < -0.3 is 5.32 Å². The number of thiophene rings is 1. The van der Waals surface area contributed by atoms with Crippen LogP contribution in [-0.2, 0) is 12.0 Å². The molecule has 0 radical (unpaired) electrons. The van der Waals surface area contributed by atoms with Crippen molar-refractivity contribution in [2.45, 2.75) is 45.2 Å². The van der Waals surface area contributed by atoms with Crippen molar-refractivity contribution in [2.24, 2.45) is 0 Å². The highest BCUT2D eigenvalue weighted by atomic mass is 79.9. The lowest BCUT2D eigenvalue weighted by Gasteiger charge is -2.29. The third kappa shape index (κ3) is 4.44. The number of nitrogens with one attached hydrogen (secondary N) is 1. The first-order valence-corrected chi connectivity index (χ1v) is 8.61. The van der Waals surface area contributed by atoms with Crippen LogP contribution in [0.3, 0.4) is 0 Å². The van der Waals surface area contributed by atoms with E-state index in [2.05, 4.69) is 84.5 Å². The standard InChI is InChI=1S/C17H22BrNS/c1-13(19-12-15-9-10-16(18)20-15)11-17(2,3)14-7-5-4-6-8-14/h4-10,13,19H,11-12H2,1-3H3. The van der Waals surface area contributed by atoms with Crippen LogP contribution < -0.4 is 5.32 Å². The van der Waals surface area contributed by atoms with E-state index in [1.165, 1.54) is 14.2 Å². The molecule has 0 spiro atoms. The number of hydrogen-bond donors (Lipinski definition) is 1. The summed E-state index contributed by atoms with van der Waals surface area (Å²) in [6.07, 6.45) is 1.13. The normalized spacial score (nSPS) is 13.4. The van der Waals surface area contributed by atoms with Crippen molar-refractivity contribution in [1.82, 2.24) is 5.32 Å². The summed E-state index contributed by atoms with van der Waals surface area (Å²) in [6.45, 7) is 7.86. The predicted octanol–water partition coefficient (Wildman–Crippen LogP) is 5.36. The summed E-state index contributed by atoms with van der Waals surface area (Å²) < 4.78 is 1.20. The van der Waals surface area contributed by atoms with Crippen LogP contribution in [0.5, 0.6) is 0 Å². The molecule has 20 heavy (non-hydrogen) atoms. The maximum absolute atomic E-state index is 3.63. The van der Waals surface area contributed by atoms with Gasteiger partial charge >= 0.3 is 0 Å². The molecule has 3 heteroatoms. The van der Waals surface area contributed by atoms with Crippen molar-refractivity contribution in [2.75, 3.05) is 0 Å². The van der Waals surface area contributed by atoms with Gasteiger partial charge in [0.15, 0.2) is 0 Å². The minimum absolute atomic E-state index is 0.198. The Kier molecular flexibility index (Phi) is 5.42. The predicted molar refractivity (Wildman–Crippen MR) is 92.4 cm³/mol. The Morgan fingerprint density at radius 2 is 1.85 bits per heavy atom. The van der Waals surface area contributed by atoms with Crippen molar-refractivity contribution >= 4 is 27.3 Å². The van der Waals surface area contributed by atoms with Crippen LogP contribution in [0.4, 0.5) is 0 Å². The zero-order valence-corrected chi connectivity index (χ0v) is 14.7. The second kappa shape index (κ2) is 6.88. The smallest absolute Gasteiger partial charge is 0.0701 e. The molecule has 2 rings (SSSR count).